The van der Waals surface area contributed by atoms with Crippen molar-refractivity contribution in [3.05, 3.63) is 35.9 Å². The normalized spacial score (nSPS) is 24.8. The fourth-order valence-corrected chi connectivity index (χ4v) is 2.85. The van der Waals surface area contributed by atoms with Gasteiger partial charge in [-0.2, -0.15) is 0 Å². The summed E-state index contributed by atoms with van der Waals surface area (Å²) in [6.07, 6.45) is 1.05. The number of ether oxygens (including phenoxy) is 1. The molecule has 1 aromatic rings. The Morgan fingerprint density at radius 3 is 2.65 bits per heavy atom. The Hall–Kier alpha value is -0.900. The van der Waals surface area contributed by atoms with Crippen molar-refractivity contribution in [2.24, 2.45) is 0 Å². The van der Waals surface area contributed by atoms with Crippen LogP contribution in [0.5, 0.6) is 0 Å². The van der Waals surface area contributed by atoms with Crippen LogP contribution in [0.4, 0.5) is 0 Å². The second-order valence-electron chi connectivity index (χ2n) is 6.52. The number of methoxy groups -OCH3 is 1. The molecule has 1 aromatic carbocycles. The molecule has 1 aliphatic heterocycles. The van der Waals surface area contributed by atoms with Crippen molar-refractivity contribution in [3.63, 3.8) is 0 Å². The second-order valence-corrected chi connectivity index (χ2v) is 6.52. The second kappa shape index (κ2) is 6.25. The highest BCUT2D eigenvalue weighted by Crippen LogP contribution is 2.30. The number of benzene rings is 1. The van der Waals surface area contributed by atoms with E-state index in [4.69, 9.17) is 4.74 Å². The Morgan fingerprint density at radius 2 is 2.00 bits per heavy atom. The zero-order chi connectivity index (χ0) is 14.6. The van der Waals surface area contributed by atoms with Gasteiger partial charge in [-0.3, -0.25) is 4.90 Å². The van der Waals surface area contributed by atoms with Gasteiger partial charge in [-0.15, -0.1) is 0 Å². The van der Waals surface area contributed by atoms with E-state index in [2.05, 4.69) is 61.3 Å². The van der Waals surface area contributed by atoms with E-state index in [-0.39, 0.29) is 11.1 Å². The van der Waals surface area contributed by atoms with Crippen molar-refractivity contribution in [3.8, 4) is 0 Å². The summed E-state index contributed by atoms with van der Waals surface area (Å²) in [7, 11) is 1.80. The fraction of sp³-hybridized carbons (Fsp3) is 0.647. The van der Waals surface area contributed by atoms with Gasteiger partial charge in [0.15, 0.2) is 0 Å². The molecule has 1 unspecified atom stereocenters. The lowest BCUT2D eigenvalue weighted by molar-refractivity contribution is -0.0103. The van der Waals surface area contributed by atoms with Crippen LogP contribution >= 0.6 is 0 Å². The van der Waals surface area contributed by atoms with Crippen LogP contribution in [0.1, 0.15) is 32.8 Å². The van der Waals surface area contributed by atoms with Crippen LogP contribution in [0.2, 0.25) is 0 Å². The molecule has 1 aliphatic rings. The SMILES string of the molecule is COC(C)(C)CCN1CCNCC1(C)c1ccccc1. The van der Waals surface area contributed by atoms with Gasteiger partial charge in [0.05, 0.1) is 11.1 Å². The minimum atomic E-state index is -0.0531. The molecule has 3 heteroatoms. The van der Waals surface area contributed by atoms with Gasteiger partial charge in [0.2, 0.25) is 0 Å². The Morgan fingerprint density at radius 1 is 1.30 bits per heavy atom. The predicted molar refractivity (Wildman–Crippen MR) is 83.9 cm³/mol. The summed E-state index contributed by atoms with van der Waals surface area (Å²) in [5.41, 5.74) is 1.41. The summed E-state index contributed by atoms with van der Waals surface area (Å²) in [6.45, 7) is 10.9. The third kappa shape index (κ3) is 3.40. The molecule has 0 saturated carbocycles. The topological polar surface area (TPSA) is 24.5 Å². The van der Waals surface area contributed by atoms with Gasteiger partial charge >= 0.3 is 0 Å². The number of piperazine rings is 1. The van der Waals surface area contributed by atoms with Crippen molar-refractivity contribution in [2.45, 2.75) is 38.3 Å². The van der Waals surface area contributed by atoms with Crippen molar-refractivity contribution in [1.82, 2.24) is 10.2 Å². The van der Waals surface area contributed by atoms with Crippen molar-refractivity contribution < 1.29 is 4.74 Å². The highest BCUT2D eigenvalue weighted by molar-refractivity contribution is 5.25. The molecule has 1 fully saturated rings. The maximum atomic E-state index is 5.56. The predicted octanol–water partition coefficient (Wildman–Crippen LogP) is 2.62. The number of hydrogen-bond acceptors (Lipinski definition) is 3. The molecule has 0 spiro atoms. The molecule has 0 aliphatic carbocycles. The van der Waals surface area contributed by atoms with E-state index in [0.29, 0.717) is 0 Å². The summed E-state index contributed by atoms with van der Waals surface area (Å²) in [6, 6.07) is 10.8. The Labute approximate surface area is 123 Å². The highest BCUT2D eigenvalue weighted by Gasteiger charge is 2.36. The molecule has 3 nitrogen and oxygen atoms in total. The molecule has 0 amide bonds. The van der Waals surface area contributed by atoms with E-state index in [9.17, 15) is 0 Å². The quantitative estimate of drug-likeness (QED) is 0.895. The minimum Gasteiger partial charge on any atom is -0.379 e. The zero-order valence-electron chi connectivity index (χ0n) is 13.3. The average Bonchev–Trinajstić information content (AvgIpc) is 2.47. The first-order valence-electron chi connectivity index (χ1n) is 7.54. The summed E-state index contributed by atoms with van der Waals surface area (Å²) in [5.74, 6) is 0. The van der Waals surface area contributed by atoms with Crippen LogP contribution in [0.3, 0.4) is 0 Å². The average molecular weight is 276 g/mol. The number of rotatable bonds is 5. The van der Waals surface area contributed by atoms with Crippen LogP contribution in [-0.2, 0) is 10.3 Å². The van der Waals surface area contributed by atoms with Gasteiger partial charge in [-0.1, -0.05) is 30.3 Å². The van der Waals surface area contributed by atoms with Gasteiger partial charge in [0.25, 0.3) is 0 Å². The fourth-order valence-electron chi connectivity index (χ4n) is 2.85. The van der Waals surface area contributed by atoms with Gasteiger partial charge < -0.3 is 10.1 Å². The number of nitrogens with zero attached hydrogens (tertiary/aromatic N) is 1. The third-order valence-electron chi connectivity index (χ3n) is 4.66. The molecule has 1 heterocycles. The molecule has 0 bridgehead atoms. The summed E-state index contributed by atoms with van der Waals surface area (Å²) < 4.78 is 5.56. The van der Waals surface area contributed by atoms with Crippen LogP contribution in [0, 0.1) is 0 Å². The van der Waals surface area contributed by atoms with Crippen LogP contribution in [0.15, 0.2) is 30.3 Å². The molecule has 20 heavy (non-hydrogen) atoms. The van der Waals surface area contributed by atoms with Crippen LogP contribution in [-0.4, -0.2) is 43.8 Å². The zero-order valence-corrected chi connectivity index (χ0v) is 13.3. The van der Waals surface area contributed by atoms with E-state index in [0.717, 1.165) is 32.6 Å². The van der Waals surface area contributed by atoms with Crippen molar-refractivity contribution in [1.29, 1.82) is 0 Å². The van der Waals surface area contributed by atoms with Crippen molar-refractivity contribution >= 4 is 0 Å². The van der Waals surface area contributed by atoms with Gasteiger partial charge in [-0.05, 0) is 32.8 Å². The van der Waals surface area contributed by atoms with Crippen LogP contribution < -0.4 is 5.32 Å². The van der Waals surface area contributed by atoms with Gasteiger partial charge in [-0.25, -0.2) is 0 Å². The molecule has 2 rings (SSSR count). The maximum Gasteiger partial charge on any atom is 0.0634 e. The summed E-state index contributed by atoms with van der Waals surface area (Å²) in [4.78, 5) is 2.60. The minimum absolute atomic E-state index is 0.0531. The maximum absolute atomic E-state index is 5.56. The highest BCUT2D eigenvalue weighted by atomic mass is 16.5. The van der Waals surface area contributed by atoms with E-state index >= 15 is 0 Å². The molecule has 0 aromatic heterocycles. The Kier molecular flexibility index (Phi) is 4.84. The molecule has 1 atom stereocenters. The van der Waals surface area contributed by atoms with E-state index in [1.165, 1.54) is 5.56 Å². The van der Waals surface area contributed by atoms with Crippen LogP contribution in [0.25, 0.3) is 0 Å². The van der Waals surface area contributed by atoms with E-state index in [1.54, 1.807) is 7.11 Å². The monoisotopic (exact) mass is 276 g/mol. The molecular formula is C17H28N2O. The Balaban J connectivity index is 2.13. The molecule has 112 valence electrons. The van der Waals surface area contributed by atoms with Gasteiger partial charge in [0, 0.05) is 33.3 Å². The smallest absolute Gasteiger partial charge is 0.0634 e. The standard InChI is InChI=1S/C17H28N2O/c1-16(2,20-4)10-12-19-13-11-18-14-17(19,3)15-8-6-5-7-9-15/h5-9,18H,10-14H2,1-4H3. The Bertz CT molecular complexity index is 418. The van der Waals surface area contributed by atoms with Crippen molar-refractivity contribution in [2.75, 3.05) is 33.3 Å². The first-order chi connectivity index (χ1) is 9.48. The molecule has 0 radical (unpaired) electrons. The van der Waals surface area contributed by atoms with E-state index < -0.39 is 0 Å². The largest absolute Gasteiger partial charge is 0.379 e. The van der Waals surface area contributed by atoms with E-state index in [1.807, 2.05) is 0 Å². The number of nitrogens with one attached hydrogen (secondary N) is 1. The third-order valence-corrected chi connectivity index (χ3v) is 4.66. The van der Waals surface area contributed by atoms with Gasteiger partial charge in [0.1, 0.15) is 0 Å². The summed E-state index contributed by atoms with van der Waals surface area (Å²) in [5, 5.41) is 3.54. The lowest BCUT2D eigenvalue weighted by atomic mass is 9.87. The molecule has 1 N–H and O–H groups in total. The first-order valence-corrected chi connectivity index (χ1v) is 7.54. The summed E-state index contributed by atoms with van der Waals surface area (Å²) >= 11 is 0. The first kappa shape index (κ1) is 15.5. The molecular weight excluding hydrogens is 248 g/mol. The number of hydrogen-bond donors (Lipinski definition) is 1. The lowest BCUT2D eigenvalue weighted by Gasteiger charge is -2.46. The lowest BCUT2D eigenvalue weighted by Crippen LogP contribution is -2.58. The molecule has 1 saturated heterocycles.